The fraction of sp³-hybridized carbons (Fsp3) is 0.429. The molecule has 1 fully saturated rings. The molecule has 0 bridgehead atoms. The summed E-state index contributed by atoms with van der Waals surface area (Å²) < 4.78 is 5.25. The summed E-state index contributed by atoms with van der Waals surface area (Å²) >= 11 is 0. The van der Waals surface area contributed by atoms with Crippen molar-refractivity contribution in [3.8, 4) is 0 Å². The normalized spacial score (nSPS) is 15.8. The van der Waals surface area contributed by atoms with Crippen LogP contribution in [0.5, 0.6) is 0 Å². The summed E-state index contributed by atoms with van der Waals surface area (Å²) in [4.78, 5) is 22.4. The van der Waals surface area contributed by atoms with Crippen LogP contribution in [0.15, 0.2) is 30.3 Å². The van der Waals surface area contributed by atoms with Crippen molar-refractivity contribution in [2.75, 3.05) is 13.2 Å². The second kappa shape index (κ2) is 5.84. The molecular weight excluding hydrogens is 246 g/mol. The fourth-order valence-corrected chi connectivity index (χ4v) is 1.82. The lowest BCUT2D eigenvalue weighted by atomic mass is 10.2. The van der Waals surface area contributed by atoms with Gasteiger partial charge in [0.05, 0.1) is 6.61 Å². The first-order valence-corrected chi connectivity index (χ1v) is 6.28. The van der Waals surface area contributed by atoms with E-state index >= 15 is 0 Å². The first-order valence-electron chi connectivity index (χ1n) is 6.28. The molecule has 0 saturated heterocycles. The van der Waals surface area contributed by atoms with Gasteiger partial charge in [-0.05, 0) is 24.8 Å². The molecule has 1 aliphatic rings. The number of carboxylic acids is 1. The highest BCUT2D eigenvalue weighted by Gasteiger charge is 2.51. The molecule has 19 heavy (non-hydrogen) atoms. The number of aliphatic carboxylic acids is 1. The van der Waals surface area contributed by atoms with Gasteiger partial charge in [0.2, 0.25) is 5.91 Å². The van der Waals surface area contributed by atoms with Crippen LogP contribution in [0.3, 0.4) is 0 Å². The van der Waals surface area contributed by atoms with E-state index in [-0.39, 0.29) is 12.5 Å². The van der Waals surface area contributed by atoms with Gasteiger partial charge >= 0.3 is 5.97 Å². The third-order valence-corrected chi connectivity index (χ3v) is 3.15. The van der Waals surface area contributed by atoms with Crippen molar-refractivity contribution >= 4 is 11.9 Å². The summed E-state index contributed by atoms with van der Waals surface area (Å²) in [6.07, 6.45) is 1.73. The number of benzene rings is 1. The number of ether oxygens (including phenoxy) is 1. The van der Waals surface area contributed by atoms with Gasteiger partial charge < -0.3 is 15.2 Å². The minimum Gasteiger partial charge on any atom is -0.480 e. The second-order valence-electron chi connectivity index (χ2n) is 4.72. The zero-order chi connectivity index (χ0) is 13.7. The Labute approximate surface area is 111 Å². The SMILES string of the molecule is O=C(COCCc1ccccc1)NC1(C(=O)O)CC1. The van der Waals surface area contributed by atoms with Gasteiger partial charge in [0.25, 0.3) is 0 Å². The molecular formula is C14H17NO4. The zero-order valence-corrected chi connectivity index (χ0v) is 10.6. The molecule has 0 spiro atoms. The van der Waals surface area contributed by atoms with Crippen molar-refractivity contribution in [3.63, 3.8) is 0 Å². The number of rotatable bonds is 7. The summed E-state index contributed by atoms with van der Waals surface area (Å²) in [5.41, 5.74) is 0.118. The molecule has 1 saturated carbocycles. The summed E-state index contributed by atoms with van der Waals surface area (Å²) in [7, 11) is 0. The lowest BCUT2D eigenvalue weighted by Crippen LogP contribution is -2.44. The zero-order valence-electron chi connectivity index (χ0n) is 10.6. The van der Waals surface area contributed by atoms with Gasteiger partial charge in [0.1, 0.15) is 12.1 Å². The number of carboxylic acid groups (broad SMARTS) is 1. The lowest BCUT2D eigenvalue weighted by molar-refractivity contribution is -0.143. The average Bonchev–Trinajstić information content (AvgIpc) is 3.17. The molecule has 0 heterocycles. The number of amides is 1. The van der Waals surface area contributed by atoms with Crippen molar-refractivity contribution in [2.45, 2.75) is 24.8 Å². The van der Waals surface area contributed by atoms with E-state index in [2.05, 4.69) is 5.32 Å². The summed E-state index contributed by atoms with van der Waals surface area (Å²) in [6, 6.07) is 9.83. The highest BCUT2D eigenvalue weighted by molar-refractivity contribution is 5.89. The highest BCUT2D eigenvalue weighted by atomic mass is 16.5. The number of hydrogen-bond donors (Lipinski definition) is 2. The van der Waals surface area contributed by atoms with Gasteiger partial charge in [-0.1, -0.05) is 30.3 Å². The molecule has 1 aliphatic carbocycles. The van der Waals surface area contributed by atoms with E-state index in [1.54, 1.807) is 0 Å². The van der Waals surface area contributed by atoms with Crippen LogP contribution < -0.4 is 5.32 Å². The summed E-state index contributed by atoms with van der Waals surface area (Å²) in [6.45, 7) is 0.347. The molecule has 1 amide bonds. The van der Waals surface area contributed by atoms with Crippen LogP contribution in [0.1, 0.15) is 18.4 Å². The predicted octanol–water partition coefficient (Wildman–Crippen LogP) is 0.979. The maximum absolute atomic E-state index is 11.5. The number of carbonyl (C=O) groups excluding carboxylic acids is 1. The van der Waals surface area contributed by atoms with Crippen molar-refractivity contribution in [3.05, 3.63) is 35.9 Å². The molecule has 0 aromatic heterocycles. The van der Waals surface area contributed by atoms with Crippen molar-refractivity contribution < 1.29 is 19.4 Å². The van der Waals surface area contributed by atoms with E-state index in [1.807, 2.05) is 30.3 Å². The fourth-order valence-electron chi connectivity index (χ4n) is 1.82. The van der Waals surface area contributed by atoms with E-state index in [9.17, 15) is 9.59 Å². The Kier molecular flexibility index (Phi) is 4.16. The monoisotopic (exact) mass is 263 g/mol. The number of carbonyl (C=O) groups is 2. The van der Waals surface area contributed by atoms with Gasteiger partial charge in [0, 0.05) is 0 Å². The molecule has 0 aliphatic heterocycles. The predicted molar refractivity (Wildman–Crippen MR) is 68.7 cm³/mol. The molecule has 0 radical (unpaired) electrons. The quantitative estimate of drug-likeness (QED) is 0.719. The minimum atomic E-state index is -1.03. The van der Waals surface area contributed by atoms with E-state index in [4.69, 9.17) is 9.84 Å². The van der Waals surface area contributed by atoms with Gasteiger partial charge in [0.15, 0.2) is 0 Å². The molecule has 5 nitrogen and oxygen atoms in total. The van der Waals surface area contributed by atoms with Crippen molar-refractivity contribution in [1.29, 1.82) is 0 Å². The minimum absolute atomic E-state index is 0.0954. The third-order valence-electron chi connectivity index (χ3n) is 3.15. The van der Waals surface area contributed by atoms with Crippen molar-refractivity contribution in [1.82, 2.24) is 5.32 Å². The summed E-state index contributed by atoms with van der Waals surface area (Å²) in [5, 5.41) is 11.4. The Balaban J connectivity index is 1.64. The molecule has 1 aromatic rings. The van der Waals surface area contributed by atoms with E-state index < -0.39 is 11.5 Å². The Morgan fingerprint density at radius 1 is 1.26 bits per heavy atom. The van der Waals surface area contributed by atoms with Gasteiger partial charge in [-0.2, -0.15) is 0 Å². The maximum atomic E-state index is 11.5. The smallest absolute Gasteiger partial charge is 0.329 e. The average molecular weight is 263 g/mol. The van der Waals surface area contributed by atoms with Crippen LogP contribution in [0, 0.1) is 0 Å². The molecule has 2 N–H and O–H groups in total. The topological polar surface area (TPSA) is 75.6 Å². The van der Waals surface area contributed by atoms with Crippen LogP contribution in [0.2, 0.25) is 0 Å². The van der Waals surface area contributed by atoms with Crippen molar-refractivity contribution in [2.24, 2.45) is 0 Å². The van der Waals surface area contributed by atoms with Gasteiger partial charge in [-0.3, -0.25) is 4.79 Å². The number of nitrogens with one attached hydrogen (secondary N) is 1. The van der Waals surface area contributed by atoms with Crippen LogP contribution in [0.4, 0.5) is 0 Å². The summed E-state index contributed by atoms with van der Waals surface area (Å²) in [5.74, 6) is -1.34. The Morgan fingerprint density at radius 2 is 1.95 bits per heavy atom. The highest BCUT2D eigenvalue weighted by Crippen LogP contribution is 2.35. The first kappa shape index (κ1) is 13.5. The number of hydrogen-bond acceptors (Lipinski definition) is 3. The Morgan fingerprint density at radius 3 is 2.53 bits per heavy atom. The van der Waals surface area contributed by atoms with Crippen LogP contribution in [-0.2, 0) is 20.7 Å². The van der Waals surface area contributed by atoms with Crippen LogP contribution in [-0.4, -0.2) is 35.7 Å². The maximum Gasteiger partial charge on any atom is 0.329 e. The van der Waals surface area contributed by atoms with Crippen LogP contribution in [0.25, 0.3) is 0 Å². The molecule has 1 aromatic carbocycles. The molecule has 0 unspecified atom stereocenters. The lowest BCUT2D eigenvalue weighted by Gasteiger charge is -2.12. The molecule has 0 atom stereocenters. The third kappa shape index (κ3) is 3.79. The Hall–Kier alpha value is -1.88. The molecule has 102 valence electrons. The van der Waals surface area contributed by atoms with E-state index in [0.717, 1.165) is 12.0 Å². The van der Waals surface area contributed by atoms with Gasteiger partial charge in [-0.15, -0.1) is 0 Å². The Bertz CT molecular complexity index is 454. The van der Waals surface area contributed by atoms with Gasteiger partial charge in [-0.25, -0.2) is 4.79 Å². The van der Waals surface area contributed by atoms with E-state index in [0.29, 0.717) is 19.4 Å². The molecule has 5 heteroatoms. The largest absolute Gasteiger partial charge is 0.480 e. The standard InChI is InChI=1S/C14H17NO4/c16-12(15-14(7-8-14)13(17)18)10-19-9-6-11-4-2-1-3-5-11/h1-5H,6-10H2,(H,15,16)(H,17,18). The first-order chi connectivity index (χ1) is 9.12. The van der Waals surface area contributed by atoms with E-state index in [1.165, 1.54) is 0 Å². The van der Waals surface area contributed by atoms with Crippen LogP contribution >= 0.6 is 0 Å². The second-order valence-corrected chi connectivity index (χ2v) is 4.72. The molecule has 2 rings (SSSR count).